The van der Waals surface area contributed by atoms with Crippen LogP contribution in [-0.4, -0.2) is 35.8 Å². The number of halogens is 3. The second-order valence-corrected chi connectivity index (χ2v) is 7.72. The number of piperidine rings is 1. The summed E-state index contributed by atoms with van der Waals surface area (Å²) in [6.45, 7) is 0.965. The third kappa shape index (κ3) is 4.35. The highest BCUT2D eigenvalue weighted by atomic mass is 127. The monoisotopic (exact) mass is 486 g/mol. The Morgan fingerprint density at radius 3 is 2.50 bits per heavy atom. The molecule has 0 saturated carbocycles. The van der Waals surface area contributed by atoms with E-state index in [1.165, 1.54) is 12.1 Å². The number of hydrogen-bond donors (Lipinski definition) is 1. The van der Waals surface area contributed by atoms with E-state index in [2.05, 4.69) is 27.9 Å². The Balaban J connectivity index is 1.57. The normalized spacial score (nSPS) is 15.0. The van der Waals surface area contributed by atoms with Crippen molar-refractivity contribution in [2.24, 2.45) is 0 Å². The molecule has 4 nitrogen and oxygen atoms in total. The molecule has 2 amide bonds. The highest BCUT2D eigenvalue weighted by molar-refractivity contribution is 14.1. The maximum Gasteiger partial charge on any atom is 0.256 e. The van der Waals surface area contributed by atoms with Crippen LogP contribution in [0.3, 0.4) is 0 Å². The Labute approximate surface area is 169 Å². The Kier molecular flexibility index (Phi) is 6.13. The van der Waals surface area contributed by atoms with Gasteiger partial charge in [0.25, 0.3) is 11.8 Å². The van der Waals surface area contributed by atoms with Crippen molar-refractivity contribution in [1.29, 1.82) is 0 Å². The predicted molar refractivity (Wildman–Crippen MR) is 107 cm³/mol. The van der Waals surface area contributed by atoms with Crippen LogP contribution in [0.4, 0.5) is 4.39 Å². The number of amides is 2. The molecule has 26 heavy (non-hydrogen) atoms. The zero-order valence-corrected chi connectivity index (χ0v) is 16.8. The largest absolute Gasteiger partial charge is 0.349 e. The predicted octanol–water partition coefficient (Wildman–Crippen LogP) is 4.12. The quantitative estimate of drug-likeness (QED) is 0.664. The summed E-state index contributed by atoms with van der Waals surface area (Å²) in [4.78, 5) is 26.4. The van der Waals surface area contributed by atoms with Gasteiger partial charge in [-0.15, -0.1) is 0 Å². The van der Waals surface area contributed by atoms with Gasteiger partial charge in [0.2, 0.25) is 0 Å². The molecule has 1 aliphatic heterocycles. The smallest absolute Gasteiger partial charge is 0.256 e. The van der Waals surface area contributed by atoms with Gasteiger partial charge < -0.3 is 10.2 Å². The summed E-state index contributed by atoms with van der Waals surface area (Å²) in [6, 6.07) is 11.1. The zero-order valence-electron chi connectivity index (χ0n) is 13.8. The summed E-state index contributed by atoms with van der Waals surface area (Å²) in [5, 5.41) is 3.61. The Hall–Kier alpha value is -1.67. The number of nitrogens with zero attached hydrogens (tertiary/aromatic N) is 1. The third-order valence-corrected chi connectivity index (χ3v) is 5.94. The SMILES string of the molecule is O=C(NC1CCN(C(=O)c2ccccc2F)CC1)c1ccc(Cl)c(I)c1. The molecule has 1 saturated heterocycles. The summed E-state index contributed by atoms with van der Waals surface area (Å²) >= 11 is 8.07. The number of rotatable bonds is 3. The van der Waals surface area contributed by atoms with Gasteiger partial charge >= 0.3 is 0 Å². The molecule has 136 valence electrons. The molecule has 2 aromatic rings. The first-order chi connectivity index (χ1) is 12.5. The second kappa shape index (κ2) is 8.35. The fraction of sp³-hybridized carbons (Fsp3) is 0.263. The van der Waals surface area contributed by atoms with Gasteiger partial charge in [-0.2, -0.15) is 0 Å². The summed E-state index contributed by atoms with van der Waals surface area (Å²) in [5.74, 6) is -0.969. The lowest BCUT2D eigenvalue weighted by Gasteiger charge is -2.32. The molecule has 0 spiro atoms. The van der Waals surface area contributed by atoms with Crippen LogP contribution >= 0.6 is 34.2 Å². The highest BCUT2D eigenvalue weighted by Gasteiger charge is 2.26. The fourth-order valence-electron chi connectivity index (χ4n) is 2.94. The van der Waals surface area contributed by atoms with E-state index >= 15 is 0 Å². The van der Waals surface area contributed by atoms with Gasteiger partial charge in [-0.1, -0.05) is 23.7 Å². The minimum Gasteiger partial charge on any atom is -0.349 e. The maximum absolute atomic E-state index is 13.8. The van der Waals surface area contributed by atoms with Crippen molar-refractivity contribution < 1.29 is 14.0 Å². The molecule has 1 fully saturated rings. The summed E-state index contributed by atoms with van der Waals surface area (Å²) in [5.41, 5.74) is 0.648. The van der Waals surface area contributed by atoms with E-state index in [-0.39, 0.29) is 23.4 Å². The van der Waals surface area contributed by atoms with Crippen LogP contribution in [0.5, 0.6) is 0 Å². The minimum atomic E-state index is -0.509. The zero-order chi connectivity index (χ0) is 18.7. The van der Waals surface area contributed by atoms with Crippen LogP contribution in [-0.2, 0) is 0 Å². The molecule has 1 aliphatic rings. The van der Waals surface area contributed by atoms with Crippen LogP contribution in [0, 0.1) is 9.39 Å². The van der Waals surface area contributed by atoms with Gasteiger partial charge in [-0.05, 0) is 65.8 Å². The summed E-state index contributed by atoms with van der Waals surface area (Å²) < 4.78 is 14.6. The van der Waals surface area contributed by atoms with Gasteiger partial charge in [-0.3, -0.25) is 9.59 Å². The van der Waals surface area contributed by atoms with Gasteiger partial charge in [0, 0.05) is 28.3 Å². The Morgan fingerprint density at radius 2 is 1.85 bits per heavy atom. The van der Waals surface area contributed by atoms with Gasteiger partial charge in [0.15, 0.2) is 0 Å². The Morgan fingerprint density at radius 1 is 1.15 bits per heavy atom. The molecule has 7 heteroatoms. The molecule has 0 radical (unpaired) electrons. The lowest BCUT2D eigenvalue weighted by Crippen LogP contribution is -2.46. The molecular formula is C19H17ClFIN2O2. The Bertz CT molecular complexity index is 838. The summed E-state index contributed by atoms with van der Waals surface area (Å²) in [6.07, 6.45) is 1.27. The molecule has 0 unspecified atom stereocenters. The number of carbonyl (C=O) groups excluding carboxylic acids is 2. The van der Waals surface area contributed by atoms with Crippen molar-refractivity contribution in [2.45, 2.75) is 18.9 Å². The van der Waals surface area contributed by atoms with E-state index in [4.69, 9.17) is 11.6 Å². The van der Waals surface area contributed by atoms with Crippen LogP contribution in [0.25, 0.3) is 0 Å². The molecule has 1 heterocycles. The van der Waals surface area contributed by atoms with Crippen molar-refractivity contribution in [1.82, 2.24) is 10.2 Å². The molecule has 0 atom stereocenters. The van der Waals surface area contributed by atoms with E-state index in [1.54, 1.807) is 35.2 Å². The summed E-state index contributed by atoms with van der Waals surface area (Å²) in [7, 11) is 0. The molecule has 1 N–H and O–H groups in total. The first-order valence-corrected chi connectivity index (χ1v) is 9.71. The lowest BCUT2D eigenvalue weighted by atomic mass is 10.0. The lowest BCUT2D eigenvalue weighted by molar-refractivity contribution is 0.0693. The van der Waals surface area contributed by atoms with Crippen molar-refractivity contribution in [3.63, 3.8) is 0 Å². The molecule has 2 aromatic carbocycles. The number of nitrogens with one attached hydrogen (secondary N) is 1. The van der Waals surface area contributed by atoms with Gasteiger partial charge in [-0.25, -0.2) is 4.39 Å². The van der Waals surface area contributed by atoms with Crippen LogP contribution in [0.15, 0.2) is 42.5 Å². The van der Waals surface area contributed by atoms with E-state index in [1.807, 2.05) is 0 Å². The number of likely N-dealkylation sites (tertiary alicyclic amines) is 1. The van der Waals surface area contributed by atoms with Crippen molar-refractivity contribution in [3.05, 3.63) is 68.0 Å². The second-order valence-electron chi connectivity index (χ2n) is 6.15. The molecule has 0 aromatic heterocycles. The maximum atomic E-state index is 13.8. The van der Waals surface area contributed by atoms with Crippen molar-refractivity contribution in [3.8, 4) is 0 Å². The highest BCUT2D eigenvalue weighted by Crippen LogP contribution is 2.20. The van der Waals surface area contributed by atoms with Crippen LogP contribution in [0.1, 0.15) is 33.6 Å². The van der Waals surface area contributed by atoms with E-state index in [0.717, 1.165) is 3.57 Å². The number of benzene rings is 2. The third-order valence-electron chi connectivity index (χ3n) is 4.40. The van der Waals surface area contributed by atoms with E-state index in [0.29, 0.717) is 36.5 Å². The number of hydrogen-bond acceptors (Lipinski definition) is 2. The van der Waals surface area contributed by atoms with Crippen LogP contribution < -0.4 is 5.32 Å². The van der Waals surface area contributed by atoms with Gasteiger partial charge in [0.05, 0.1) is 10.6 Å². The first-order valence-electron chi connectivity index (χ1n) is 8.25. The van der Waals surface area contributed by atoms with E-state index < -0.39 is 5.82 Å². The number of carbonyl (C=O) groups is 2. The topological polar surface area (TPSA) is 49.4 Å². The first kappa shape index (κ1) is 19.1. The van der Waals surface area contributed by atoms with Crippen LogP contribution in [0.2, 0.25) is 5.02 Å². The van der Waals surface area contributed by atoms with E-state index in [9.17, 15) is 14.0 Å². The van der Waals surface area contributed by atoms with Crippen molar-refractivity contribution >= 4 is 46.0 Å². The minimum absolute atomic E-state index is 0.0134. The van der Waals surface area contributed by atoms with Crippen molar-refractivity contribution in [2.75, 3.05) is 13.1 Å². The average Bonchev–Trinajstić information content (AvgIpc) is 2.64. The molecule has 3 rings (SSSR count). The standard InChI is InChI=1S/C19H17ClFIN2O2/c20-15-6-5-12(11-17(15)22)18(25)23-13-7-9-24(10-8-13)19(26)14-3-1-2-4-16(14)21/h1-6,11,13H,7-10H2,(H,23,25). The van der Waals surface area contributed by atoms with Gasteiger partial charge in [0.1, 0.15) is 5.82 Å². The molecular weight excluding hydrogens is 470 g/mol. The molecule has 0 aliphatic carbocycles. The molecule has 0 bridgehead atoms. The average molecular weight is 487 g/mol. The fourth-order valence-corrected chi connectivity index (χ4v) is 3.57.